The van der Waals surface area contributed by atoms with E-state index in [-0.39, 0.29) is 5.41 Å². The highest BCUT2D eigenvalue weighted by Gasteiger charge is 2.52. The molecular formula is C17H19FN2. The summed E-state index contributed by atoms with van der Waals surface area (Å²) in [5, 5.41) is 9.20. The number of hydrogen-bond donors (Lipinski definition) is 0. The number of benzene rings is 1. The van der Waals surface area contributed by atoms with Gasteiger partial charge in [0.25, 0.3) is 0 Å². The molecule has 0 atom stereocenters. The van der Waals surface area contributed by atoms with E-state index >= 15 is 0 Å². The van der Waals surface area contributed by atoms with Crippen molar-refractivity contribution in [3.05, 3.63) is 35.4 Å². The Morgan fingerprint density at radius 3 is 2.35 bits per heavy atom. The summed E-state index contributed by atoms with van der Waals surface area (Å²) in [5.41, 5.74) is 2.61. The van der Waals surface area contributed by atoms with E-state index < -0.39 is 6.17 Å². The first-order valence-corrected chi connectivity index (χ1v) is 7.50. The van der Waals surface area contributed by atoms with Crippen LogP contribution in [-0.2, 0) is 12.0 Å². The SMILES string of the molecule is N#CC1(c2ccc(CN3CC4(CC(F)C4)C3)cc2)CC1. The van der Waals surface area contributed by atoms with Crippen LogP contribution in [-0.4, -0.2) is 24.2 Å². The molecule has 0 unspecified atom stereocenters. The average Bonchev–Trinajstić information content (AvgIpc) is 3.16. The third-order valence-corrected chi connectivity index (χ3v) is 5.30. The maximum Gasteiger partial charge on any atom is 0.101 e. The van der Waals surface area contributed by atoms with Crippen molar-refractivity contribution in [2.45, 2.75) is 43.8 Å². The molecular weight excluding hydrogens is 251 g/mol. The first kappa shape index (κ1) is 12.3. The highest BCUT2D eigenvalue weighted by molar-refractivity contribution is 5.40. The minimum absolute atomic E-state index is 0.179. The van der Waals surface area contributed by atoms with Crippen LogP contribution in [0.5, 0.6) is 0 Å². The molecule has 2 nitrogen and oxygen atoms in total. The summed E-state index contributed by atoms with van der Waals surface area (Å²) in [5.74, 6) is 0. The normalized spacial score (nSPS) is 26.6. The van der Waals surface area contributed by atoms with Gasteiger partial charge < -0.3 is 0 Å². The molecule has 0 amide bonds. The Morgan fingerprint density at radius 1 is 1.20 bits per heavy atom. The second-order valence-corrected chi connectivity index (χ2v) is 7.04. The first-order chi connectivity index (χ1) is 9.63. The standard InChI is InChI=1S/C17H19FN2/c18-15-7-16(8-15)11-20(12-16)9-13-1-3-14(4-2-13)17(10-19)5-6-17/h1-4,15H,5-9,11-12H2. The maximum atomic E-state index is 12.9. The molecule has 0 bridgehead atoms. The molecule has 104 valence electrons. The molecule has 3 fully saturated rings. The molecule has 0 N–H and O–H groups in total. The van der Waals surface area contributed by atoms with Crippen LogP contribution in [0.15, 0.2) is 24.3 Å². The van der Waals surface area contributed by atoms with Crippen LogP contribution < -0.4 is 0 Å². The highest BCUT2D eigenvalue weighted by Crippen LogP contribution is 2.50. The van der Waals surface area contributed by atoms with Crippen LogP contribution in [0.4, 0.5) is 4.39 Å². The van der Waals surface area contributed by atoms with Crippen molar-refractivity contribution in [2.75, 3.05) is 13.1 Å². The van der Waals surface area contributed by atoms with Gasteiger partial charge in [-0.2, -0.15) is 5.26 Å². The number of hydrogen-bond acceptors (Lipinski definition) is 2. The molecule has 1 spiro atoms. The predicted molar refractivity (Wildman–Crippen MR) is 74.8 cm³/mol. The quantitative estimate of drug-likeness (QED) is 0.843. The zero-order chi connectivity index (χ0) is 13.8. The Kier molecular flexibility index (Phi) is 2.50. The fourth-order valence-corrected chi connectivity index (χ4v) is 3.93. The minimum Gasteiger partial charge on any atom is -0.298 e. The maximum absolute atomic E-state index is 12.9. The van der Waals surface area contributed by atoms with E-state index in [4.69, 9.17) is 0 Å². The number of rotatable bonds is 3. The second kappa shape index (κ2) is 4.05. The van der Waals surface area contributed by atoms with Crippen molar-refractivity contribution < 1.29 is 4.39 Å². The largest absolute Gasteiger partial charge is 0.298 e. The molecule has 1 aliphatic heterocycles. The van der Waals surface area contributed by atoms with Crippen LogP contribution in [0.25, 0.3) is 0 Å². The Morgan fingerprint density at radius 2 is 1.85 bits per heavy atom. The molecule has 1 aromatic rings. The van der Waals surface area contributed by atoms with Crippen LogP contribution in [0.3, 0.4) is 0 Å². The summed E-state index contributed by atoms with van der Waals surface area (Å²) < 4.78 is 12.9. The lowest BCUT2D eigenvalue weighted by Gasteiger charge is -2.57. The van der Waals surface area contributed by atoms with Gasteiger partial charge >= 0.3 is 0 Å². The molecule has 0 radical (unpaired) electrons. The molecule has 4 rings (SSSR count). The summed E-state index contributed by atoms with van der Waals surface area (Å²) in [6.45, 7) is 3.06. The Hall–Kier alpha value is -1.40. The van der Waals surface area contributed by atoms with Gasteiger partial charge in [0, 0.05) is 25.0 Å². The van der Waals surface area contributed by atoms with Crippen molar-refractivity contribution >= 4 is 0 Å². The second-order valence-electron chi connectivity index (χ2n) is 7.04. The lowest BCUT2D eigenvalue weighted by Crippen LogP contribution is -2.62. The lowest BCUT2D eigenvalue weighted by atomic mass is 9.62. The summed E-state index contributed by atoms with van der Waals surface area (Å²) in [7, 11) is 0. The number of alkyl halides is 1. The van der Waals surface area contributed by atoms with Gasteiger partial charge in [-0.25, -0.2) is 4.39 Å². The van der Waals surface area contributed by atoms with Crippen molar-refractivity contribution in [2.24, 2.45) is 5.41 Å². The van der Waals surface area contributed by atoms with E-state index in [9.17, 15) is 9.65 Å². The van der Waals surface area contributed by atoms with Crippen molar-refractivity contribution in [1.29, 1.82) is 5.26 Å². The zero-order valence-electron chi connectivity index (χ0n) is 11.6. The van der Waals surface area contributed by atoms with E-state index in [0.29, 0.717) is 5.41 Å². The van der Waals surface area contributed by atoms with Gasteiger partial charge in [-0.3, -0.25) is 4.90 Å². The van der Waals surface area contributed by atoms with Gasteiger partial charge in [0.05, 0.1) is 11.5 Å². The number of nitriles is 1. The third kappa shape index (κ3) is 1.86. The van der Waals surface area contributed by atoms with Crippen LogP contribution in [0, 0.1) is 16.7 Å². The Bertz CT molecular complexity index is 554. The summed E-state index contributed by atoms with van der Waals surface area (Å²) in [6.07, 6.45) is 3.00. The predicted octanol–water partition coefficient (Wildman–Crippen LogP) is 3.18. The van der Waals surface area contributed by atoms with Gasteiger partial charge in [0.15, 0.2) is 0 Å². The van der Waals surface area contributed by atoms with E-state index in [1.54, 1.807) is 0 Å². The monoisotopic (exact) mass is 270 g/mol. The molecule has 1 saturated heterocycles. The van der Waals surface area contributed by atoms with E-state index in [1.165, 1.54) is 11.1 Å². The van der Waals surface area contributed by atoms with Crippen molar-refractivity contribution in [3.63, 3.8) is 0 Å². The zero-order valence-corrected chi connectivity index (χ0v) is 11.6. The van der Waals surface area contributed by atoms with Gasteiger partial charge in [-0.15, -0.1) is 0 Å². The van der Waals surface area contributed by atoms with Crippen LogP contribution >= 0.6 is 0 Å². The van der Waals surface area contributed by atoms with Gasteiger partial charge in [0.2, 0.25) is 0 Å². The minimum atomic E-state index is -0.544. The number of likely N-dealkylation sites (tertiary alicyclic amines) is 1. The van der Waals surface area contributed by atoms with E-state index in [0.717, 1.165) is 45.3 Å². The number of halogens is 1. The number of nitrogens with zero attached hydrogens (tertiary/aromatic N) is 2. The van der Waals surface area contributed by atoms with Crippen molar-refractivity contribution in [3.8, 4) is 6.07 Å². The van der Waals surface area contributed by atoms with Crippen LogP contribution in [0.2, 0.25) is 0 Å². The van der Waals surface area contributed by atoms with Gasteiger partial charge in [0.1, 0.15) is 6.17 Å². The Balaban J connectivity index is 1.36. The van der Waals surface area contributed by atoms with Crippen molar-refractivity contribution in [1.82, 2.24) is 4.90 Å². The van der Waals surface area contributed by atoms with Crippen LogP contribution in [0.1, 0.15) is 36.8 Å². The first-order valence-electron chi connectivity index (χ1n) is 7.50. The van der Waals surface area contributed by atoms with Gasteiger partial charge in [-0.05, 0) is 36.8 Å². The molecule has 1 aromatic carbocycles. The molecule has 3 aliphatic rings. The topological polar surface area (TPSA) is 27.0 Å². The fourth-order valence-electron chi connectivity index (χ4n) is 3.93. The molecule has 3 heteroatoms. The third-order valence-electron chi connectivity index (χ3n) is 5.30. The molecule has 1 heterocycles. The van der Waals surface area contributed by atoms with E-state index in [1.807, 2.05) is 0 Å². The fraction of sp³-hybridized carbons (Fsp3) is 0.588. The average molecular weight is 270 g/mol. The summed E-state index contributed by atoms with van der Waals surface area (Å²) in [6, 6.07) is 11.0. The summed E-state index contributed by atoms with van der Waals surface area (Å²) in [4.78, 5) is 2.40. The molecule has 2 saturated carbocycles. The van der Waals surface area contributed by atoms with Gasteiger partial charge in [-0.1, -0.05) is 24.3 Å². The highest BCUT2D eigenvalue weighted by atomic mass is 19.1. The molecule has 20 heavy (non-hydrogen) atoms. The molecule has 0 aromatic heterocycles. The van der Waals surface area contributed by atoms with E-state index in [2.05, 4.69) is 35.2 Å². The molecule has 2 aliphatic carbocycles. The summed E-state index contributed by atoms with van der Waals surface area (Å²) >= 11 is 0. The lowest BCUT2D eigenvalue weighted by molar-refractivity contribution is -0.105. The smallest absolute Gasteiger partial charge is 0.101 e. The Labute approximate surface area is 119 Å².